The van der Waals surface area contributed by atoms with Crippen molar-refractivity contribution in [2.75, 3.05) is 24.3 Å². The summed E-state index contributed by atoms with van der Waals surface area (Å²) < 4.78 is 10.4. The summed E-state index contributed by atoms with van der Waals surface area (Å²) >= 11 is 5.87. The molecule has 3 aromatic rings. The van der Waals surface area contributed by atoms with Crippen LogP contribution in [0.4, 0.5) is 11.4 Å². The summed E-state index contributed by atoms with van der Waals surface area (Å²) in [6.45, 7) is 1.52. The number of esters is 1. The molecule has 0 spiro atoms. The van der Waals surface area contributed by atoms with E-state index in [-0.39, 0.29) is 12.8 Å². The van der Waals surface area contributed by atoms with Crippen LogP contribution in [0.2, 0.25) is 5.02 Å². The minimum absolute atomic E-state index is 0.0113. The van der Waals surface area contributed by atoms with Gasteiger partial charge in [0.05, 0.1) is 6.42 Å². The number of nitrogens with one attached hydrogen (secondary N) is 1. The van der Waals surface area contributed by atoms with Crippen molar-refractivity contribution in [3.05, 3.63) is 59.4 Å². The standard InChI is InChI=1S/C22H23ClN4O4/c1-14(22(29)24-17-8-10-18(11-9-17)27(2)3)30-20(28)13-12-19-25-21(26-31-19)15-4-6-16(23)7-5-15/h4-11,14H,12-13H2,1-3H3,(H,24,29). The largest absolute Gasteiger partial charge is 0.453 e. The number of amides is 1. The van der Waals surface area contributed by atoms with Crippen molar-refractivity contribution in [3.63, 3.8) is 0 Å². The lowest BCUT2D eigenvalue weighted by Gasteiger charge is -2.15. The second-order valence-electron chi connectivity index (χ2n) is 7.08. The Bertz CT molecular complexity index is 1030. The molecule has 0 aliphatic rings. The predicted molar refractivity (Wildman–Crippen MR) is 118 cm³/mol. The van der Waals surface area contributed by atoms with E-state index in [0.29, 0.717) is 22.4 Å². The molecule has 1 aromatic heterocycles. The fraction of sp³-hybridized carbons (Fsp3) is 0.273. The van der Waals surface area contributed by atoms with Gasteiger partial charge in [-0.1, -0.05) is 16.8 Å². The van der Waals surface area contributed by atoms with Crippen LogP contribution in [0.3, 0.4) is 0 Å². The molecule has 0 aliphatic heterocycles. The average Bonchev–Trinajstić information content (AvgIpc) is 3.22. The lowest BCUT2D eigenvalue weighted by atomic mass is 10.2. The zero-order valence-electron chi connectivity index (χ0n) is 17.5. The van der Waals surface area contributed by atoms with Gasteiger partial charge in [0, 0.05) is 42.5 Å². The number of aromatic nitrogens is 2. The summed E-state index contributed by atoms with van der Waals surface area (Å²) in [6.07, 6.45) is -0.717. The molecular weight excluding hydrogens is 420 g/mol. The Morgan fingerprint density at radius 1 is 1.13 bits per heavy atom. The molecule has 0 saturated heterocycles. The molecule has 0 saturated carbocycles. The van der Waals surface area contributed by atoms with Crippen LogP contribution in [0.15, 0.2) is 53.1 Å². The molecular formula is C22H23ClN4O4. The Labute approximate surface area is 185 Å². The van der Waals surface area contributed by atoms with Crippen LogP contribution in [-0.4, -0.2) is 42.2 Å². The minimum atomic E-state index is -0.937. The van der Waals surface area contributed by atoms with Crippen LogP contribution < -0.4 is 10.2 Å². The highest BCUT2D eigenvalue weighted by Gasteiger charge is 2.19. The van der Waals surface area contributed by atoms with Crippen LogP contribution in [0, 0.1) is 0 Å². The summed E-state index contributed by atoms with van der Waals surface area (Å²) in [7, 11) is 3.86. The zero-order chi connectivity index (χ0) is 22.4. The number of aryl methyl sites for hydroxylation is 1. The first kappa shape index (κ1) is 22.3. The van der Waals surface area contributed by atoms with Crippen LogP contribution in [0.25, 0.3) is 11.4 Å². The molecule has 1 N–H and O–H groups in total. The molecule has 162 valence electrons. The molecule has 2 aromatic carbocycles. The van der Waals surface area contributed by atoms with Gasteiger partial charge in [-0.05, 0) is 55.5 Å². The van der Waals surface area contributed by atoms with E-state index in [2.05, 4.69) is 15.5 Å². The monoisotopic (exact) mass is 442 g/mol. The molecule has 31 heavy (non-hydrogen) atoms. The predicted octanol–water partition coefficient (Wildman–Crippen LogP) is 3.96. The van der Waals surface area contributed by atoms with Gasteiger partial charge in [-0.2, -0.15) is 4.98 Å². The lowest BCUT2D eigenvalue weighted by Crippen LogP contribution is -2.30. The highest BCUT2D eigenvalue weighted by molar-refractivity contribution is 6.30. The molecule has 3 rings (SSSR count). The first-order valence-electron chi connectivity index (χ1n) is 9.68. The van der Waals surface area contributed by atoms with Crippen molar-refractivity contribution >= 4 is 34.9 Å². The SMILES string of the molecule is CC(OC(=O)CCc1nc(-c2ccc(Cl)cc2)no1)C(=O)Nc1ccc(N(C)C)cc1. The maximum atomic E-state index is 12.3. The summed E-state index contributed by atoms with van der Waals surface area (Å²) in [5.41, 5.74) is 2.39. The van der Waals surface area contributed by atoms with Gasteiger partial charge in [0.15, 0.2) is 6.10 Å². The number of benzene rings is 2. The Hall–Kier alpha value is -3.39. The van der Waals surface area contributed by atoms with Gasteiger partial charge in [-0.25, -0.2) is 0 Å². The van der Waals surface area contributed by atoms with Crippen LogP contribution in [-0.2, 0) is 20.7 Å². The Kier molecular flexibility index (Phi) is 7.25. The number of halogens is 1. The average molecular weight is 443 g/mol. The smallest absolute Gasteiger partial charge is 0.307 e. The van der Waals surface area contributed by atoms with E-state index >= 15 is 0 Å². The second-order valence-corrected chi connectivity index (χ2v) is 7.52. The van der Waals surface area contributed by atoms with Gasteiger partial charge in [0.2, 0.25) is 11.7 Å². The molecule has 1 amide bonds. The molecule has 8 nitrogen and oxygen atoms in total. The number of hydrogen-bond acceptors (Lipinski definition) is 7. The number of carbonyl (C=O) groups excluding carboxylic acids is 2. The van der Waals surface area contributed by atoms with Crippen LogP contribution in [0.1, 0.15) is 19.2 Å². The van der Waals surface area contributed by atoms with Crippen molar-refractivity contribution < 1.29 is 18.8 Å². The Morgan fingerprint density at radius 3 is 2.45 bits per heavy atom. The first-order chi connectivity index (χ1) is 14.8. The van der Waals surface area contributed by atoms with E-state index in [1.54, 1.807) is 36.4 Å². The molecule has 0 fully saturated rings. The molecule has 0 bridgehead atoms. The maximum absolute atomic E-state index is 12.3. The second kappa shape index (κ2) is 10.1. The molecule has 0 radical (unpaired) electrons. The third kappa shape index (κ3) is 6.29. The Balaban J connectivity index is 1.46. The first-order valence-corrected chi connectivity index (χ1v) is 10.1. The highest BCUT2D eigenvalue weighted by Crippen LogP contribution is 2.19. The molecule has 0 aliphatic carbocycles. The van der Waals surface area contributed by atoms with Crippen LogP contribution >= 0.6 is 11.6 Å². The number of nitrogens with zero attached hydrogens (tertiary/aromatic N) is 3. The van der Waals surface area contributed by atoms with E-state index in [9.17, 15) is 9.59 Å². The van der Waals surface area contributed by atoms with Crippen molar-refractivity contribution in [1.82, 2.24) is 10.1 Å². The Morgan fingerprint density at radius 2 is 1.81 bits per heavy atom. The number of carbonyl (C=O) groups is 2. The van der Waals surface area contributed by atoms with E-state index < -0.39 is 18.0 Å². The van der Waals surface area contributed by atoms with Crippen molar-refractivity contribution in [2.45, 2.75) is 25.9 Å². The van der Waals surface area contributed by atoms with E-state index in [4.69, 9.17) is 20.9 Å². The number of anilines is 2. The summed E-state index contributed by atoms with van der Waals surface area (Å²) in [4.78, 5) is 30.6. The van der Waals surface area contributed by atoms with Crippen molar-refractivity contribution in [3.8, 4) is 11.4 Å². The quantitative estimate of drug-likeness (QED) is 0.527. The summed E-state index contributed by atoms with van der Waals surface area (Å²) in [5, 5.41) is 7.24. The fourth-order valence-corrected chi connectivity index (χ4v) is 2.80. The number of rotatable bonds is 8. The van der Waals surface area contributed by atoms with Gasteiger partial charge in [-0.3, -0.25) is 9.59 Å². The van der Waals surface area contributed by atoms with Gasteiger partial charge in [0.1, 0.15) is 0 Å². The maximum Gasteiger partial charge on any atom is 0.307 e. The van der Waals surface area contributed by atoms with Crippen LogP contribution in [0.5, 0.6) is 0 Å². The highest BCUT2D eigenvalue weighted by atomic mass is 35.5. The molecule has 1 heterocycles. The van der Waals surface area contributed by atoms with Gasteiger partial charge >= 0.3 is 5.97 Å². The van der Waals surface area contributed by atoms with E-state index in [0.717, 1.165) is 11.3 Å². The summed E-state index contributed by atoms with van der Waals surface area (Å²) in [5.74, 6) is -0.223. The van der Waals surface area contributed by atoms with Gasteiger partial charge in [0.25, 0.3) is 5.91 Å². The van der Waals surface area contributed by atoms with Gasteiger partial charge in [-0.15, -0.1) is 0 Å². The van der Waals surface area contributed by atoms with Crippen molar-refractivity contribution in [2.24, 2.45) is 0 Å². The van der Waals surface area contributed by atoms with E-state index in [1.807, 2.05) is 31.1 Å². The van der Waals surface area contributed by atoms with E-state index in [1.165, 1.54) is 6.92 Å². The normalized spacial score (nSPS) is 11.6. The fourth-order valence-electron chi connectivity index (χ4n) is 2.68. The molecule has 1 unspecified atom stereocenters. The third-order valence-corrected chi connectivity index (χ3v) is 4.69. The lowest BCUT2D eigenvalue weighted by molar-refractivity contribution is -0.153. The minimum Gasteiger partial charge on any atom is -0.453 e. The third-order valence-electron chi connectivity index (χ3n) is 4.44. The molecule has 1 atom stereocenters. The van der Waals surface area contributed by atoms with Crippen molar-refractivity contribution in [1.29, 1.82) is 0 Å². The number of hydrogen-bond donors (Lipinski definition) is 1. The number of ether oxygens (including phenoxy) is 1. The topological polar surface area (TPSA) is 97.6 Å². The molecule has 9 heteroatoms. The zero-order valence-corrected chi connectivity index (χ0v) is 18.2. The van der Waals surface area contributed by atoms with Gasteiger partial charge < -0.3 is 19.5 Å². The summed E-state index contributed by atoms with van der Waals surface area (Å²) in [6, 6.07) is 14.4.